The second-order valence-corrected chi connectivity index (χ2v) is 6.30. The Balaban J connectivity index is 2.48. The molecule has 3 heteroatoms. The summed E-state index contributed by atoms with van der Waals surface area (Å²) in [6.07, 6.45) is 0. The molecule has 0 amide bonds. The van der Waals surface area contributed by atoms with Crippen molar-refractivity contribution in [1.29, 1.82) is 0 Å². The number of thioether (sulfide) groups is 1. The fourth-order valence-corrected chi connectivity index (χ4v) is 2.61. The third kappa shape index (κ3) is 4.91. The monoisotopic (exact) mass is 267 g/mol. The maximum absolute atomic E-state index is 6.21. The van der Waals surface area contributed by atoms with E-state index in [0.717, 1.165) is 11.5 Å². The SMILES string of the molecule is CCOc1ccc(C(N)CSC(C)C(C)C)cc1. The molecule has 0 radical (unpaired) electrons. The van der Waals surface area contributed by atoms with Gasteiger partial charge in [-0.2, -0.15) is 11.8 Å². The average Bonchev–Trinajstić information content (AvgIpc) is 2.36. The van der Waals surface area contributed by atoms with E-state index in [9.17, 15) is 0 Å². The zero-order chi connectivity index (χ0) is 13.5. The summed E-state index contributed by atoms with van der Waals surface area (Å²) in [5.74, 6) is 2.58. The predicted octanol–water partition coefficient (Wildman–Crippen LogP) is 3.86. The van der Waals surface area contributed by atoms with Gasteiger partial charge < -0.3 is 10.5 Å². The Morgan fingerprint density at radius 1 is 1.17 bits per heavy atom. The normalized spacial score (nSPS) is 14.6. The summed E-state index contributed by atoms with van der Waals surface area (Å²) in [6.45, 7) is 9.46. The summed E-state index contributed by atoms with van der Waals surface area (Å²) in [5.41, 5.74) is 7.39. The number of hydrogen-bond donors (Lipinski definition) is 1. The van der Waals surface area contributed by atoms with Gasteiger partial charge in [-0.1, -0.05) is 32.9 Å². The summed E-state index contributed by atoms with van der Waals surface area (Å²) in [5, 5.41) is 0.652. The zero-order valence-electron chi connectivity index (χ0n) is 11.8. The lowest BCUT2D eigenvalue weighted by atomic mass is 10.1. The smallest absolute Gasteiger partial charge is 0.119 e. The first-order valence-corrected chi connectivity index (χ1v) is 7.69. The Morgan fingerprint density at radius 2 is 1.78 bits per heavy atom. The van der Waals surface area contributed by atoms with E-state index in [2.05, 4.69) is 32.9 Å². The van der Waals surface area contributed by atoms with Gasteiger partial charge >= 0.3 is 0 Å². The van der Waals surface area contributed by atoms with Gasteiger partial charge in [0.15, 0.2) is 0 Å². The molecule has 2 N–H and O–H groups in total. The van der Waals surface area contributed by atoms with Gasteiger partial charge in [0.2, 0.25) is 0 Å². The summed E-state index contributed by atoms with van der Waals surface area (Å²) in [6, 6.07) is 8.23. The van der Waals surface area contributed by atoms with E-state index in [4.69, 9.17) is 10.5 Å². The van der Waals surface area contributed by atoms with E-state index >= 15 is 0 Å². The molecule has 0 saturated heterocycles. The molecule has 0 saturated carbocycles. The maximum atomic E-state index is 6.21. The van der Waals surface area contributed by atoms with Gasteiger partial charge in [0, 0.05) is 17.0 Å². The van der Waals surface area contributed by atoms with Crippen molar-refractivity contribution in [2.24, 2.45) is 11.7 Å². The van der Waals surface area contributed by atoms with Crippen LogP contribution >= 0.6 is 11.8 Å². The van der Waals surface area contributed by atoms with E-state index < -0.39 is 0 Å². The molecule has 0 bridgehead atoms. The molecule has 2 atom stereocenters. The summed E-state index contributed by atoms with van der Waals surface area (Å²) in [7, 11) is 0. The highest BCUT2D eigenvalue weighted by molar-refractivity contribution is 7.99. The molecule has 0 aliphatic heterocycles. The first-order valence-electron chi connectivity index (χ1n) is 6.64. The third-order valence-corrected chi connectivity index (χ3v) is 4.72. The van der Waals surface area contributed by atoms with Crippen molar-refractivity contribution in [3.05, 3.63) is 29.8 Å². The van der Waals surface area contributed by atoms with Crippen LogP contribution in [0.5, 0.6) is 5.75 Å². The number of hydrogen-bond acceptors (Lipinski definition) is 3. The Bertz CT molecular complexity index is 337. The Kier molecular flexibility index (Phi) is 6.58. The van der Waals surface area contributed by atoms with Gasteiger partial charge in [-0.05, 0) is 30.5 Å². The van der Waals surface area contributed by atoms with Crippen molar-refractivity contribution >= 4 is 11.8 Å². The Morgan fingerprint density at radius 3 is 2.28 bits per heavy atom. The Labute approximate surface area is 115 Å². The van der Waals surface area contributed by atoms with Crippen molar-refractivity contribution in [2.75, 3.05) is 12.4 Å². The number of nitrogens with two attached hydrogens (primary N) is 1. The highest BCUT2D eigenvalue weighted by Gasteiger charge is 2.11. The van der Waals surface area contributed by atoms with Crippen molar-refractivity contribution in [2.45, 2.75) is 39.0 Å². The molecular formula is C15H25NOS. The first-order chi connectivity index (χ1) is 8.54. The van der Waals surface area contributed by atoms with Crippen LogP contribution in [-0.2, 0) is 0 Å². The molecule has 2 nitrogen and oxygen atoms in total. The van der Waals surface area contributed by atoms with Gasteiger partial charge in [0.1, 0.15) is 5.75 Å². The van der Waals surface area contributed by atoms with Crippen LogP contribution in [-0.4, -0.2) is 17.6 Å². The van der Waals surface area contributed by atoms with Crippen molar-refractivity contribution in [3.8, 4) is 5.75 Å². The molecule has 0 aliphatic carbocycles. The van der Waals surface area contributed by atoms with E-state index in [-0.39, 0.29) is 6.04 Å². The van der Waals surface area contributed by atoms with Crippen LogP contribution in [0.3, 0.4) is 0 Å². The lowest BCUT2D eigenvalue weighted by Gasteiger charge is -2.18. The van der Waals surface area contributed by atoms with Gasteiger partial charge in [-0.25, -0.2) is 0 Å². The van der Waals surface area contributed by atoms with Crippen LogP contribution in [0.2, 0.25) is 0 Å². The maximum Gasteiger partial charge on any atom is 0.119 e. The van der Waals surface area contributed by atoms with E-state index in [1.54, 1.807) is 0 Å². The molecule has 102 valence electrons. The fourth-order valence-electron chi connectivity index (χ4n) is 1.52. The van der Waals surface area contributed by atoms with Crippen LogP contribution in [0.4, 0.5) is 0 Å². The van der Waals surface area contributed by atoms with Gasteiger partial charge in [0.05, 0.1) is 6.61 Å². The molecule has 2 unspecified atom stereocenters. The van der Waals surface area contributed by atoms with Crippen molar-refractivity contribution in [1.82, 2.24) is 0 Å². The summed E-state index contributed by atoms with van der Waals surface area (Å²) in [4.78, 5) is 0. The first kappa shape index (κ1) is 15.4. The van der Waals surface area contributed by atoms with Crippen LogP contribution in [0.25, 0.3) is 0 Å². The molecule has 1 aromatic carbocycles. The van der Waals surface area contributed by atoms with E-state index in [0.29, 0.717) is 17.8 Å². The fraction of sp³-hybridized carbons (Fsp3) is 0.600. The highest BCUT2D eigenvalue weighted by Crippen LogP contribution is 2.24. The molecule has 0 fully saturated rings. The minimum Gasteiger partial charge on any atom is -0.494 e. The standard InChI is InChI=1S/C15H25NOS/c1-5-17-14-8-6-13(7-9-14)15(16)10-18-12(4)11(2)3/h6-9,11-12,15H,5,10,16H2,1-4H3. The number of rotatable bonds is 7. The van der Waals surface area contributed by atoms with Gasteiger partial charge in [-0.3, -0.25) is 0 Å². The second-order valence-electron chi connectivity index (χ2n) is 4.89. The average molecular weight is 267 g/mol. The van der Waals surface area contributed by atoms with Crippen LogP contribution in [0, 0.1) is 5.92 Å². The summed E-state index contributed by atoms with van der Waals surface area (Å²) >= 11 is 1.95. The predicted molar refractivity (Wildman–Crippen MR) is 81.3 cm³/mol. The van der Waals surface area contributed by atoms with Crippen molar-refractivity contribution < 1.29 is 4.74 Å². The molecule has 18 heavy (non-hydrogen) atoms. The quantitative estimate of drug-likeness (QED) is 0.814. The summed E-state index contributed by atoms with van der Waals surface area (Å²) < 4.78 is 5.42. The second kappa shape index (κ2) is 7.70. The van der Waals surface area contributed by atoms with Crippen LogP contribution < -0.4 is 10.5 Å². The topological polar surface area (TPSA) is 35.2 Å². The zero-order valence-corrected chi connectivity index (χ0v) is 12.7. The van der Waals surface area contributed by atoms with Gasteiger partial charge in [-0.15, -0.1) is 0 Å². The van der Waals surface area contributed by atoms with E-state index in [1.807, 2.05) is 30.8 Å². The van der Waals surface area contributed by atoms with Crippen LogP contribution in [0.1, 0.15) is 39.3 Å². The molecule has 0 aromatic heterocycles. The molecule has 1 aromatic rings. The minimum atomic E-state index is 0.104. The molecule has 1 rings (SSSR count). The number of benzene rings is 1. The molecule has 0 spiro atoms. The third-order valence-electron chi connectivity index (χ3n) is 3.10. The lowest BCUT2D eigenvalue weighted by Crippen LogP contribution is -2.16. The minimum absolute atomic E-state index is 0.104. The van der Waals surface area contributed by atoms with E-state index in [1.165, 1.54) is 5.56 Å². The molecule has 0 aliphatic rings. The Hall–Kier alpha value is -0.670. The largest absolute Gasteiger partial charge is 0.494 e. The molecular weight excluding hydrogens is 242 g/mol. The number of ether oxygens (including phenoxy) is 1. The van der Waals surface area contributed by atoms with Crippen LogP contribution in [0.15, 0.2) is 24.3 Å². The van der Waals surface area contributed by atoms with Gasteiger partial charge in [0.25, 0.3) is 0 Å². The highest BCUT2D eigenvalue weighted by atomic mass is 32.2. The molecule has 0 heterocycles. The lowest BCUT2D eigenvalue weighted by molar-refractivity contribution is 0.340. The van der Waals surface area contributed by atoms with Crippen molar-refractivity contribution in [3.63, 3.8) is 0 Å².